The average molecular weight is 241 g/mol. The third kappa shape index (κ3) is 4.80. The quantitative estimate of drug-likeness (QED) is 0.729. The van der Waals surface area contributed by atoms with Gasteiger partial charge in [-0.3, -0.25) is 4.79 Å². The molecule has 0 aromatic heterocycles. The first-order chi connectivity index (χ1) is 7.38. The SMILES string of the molecule is O=C(O)C1CCN(CCOCC(F)(F)F)C1. The van der Waals surface area contributed by atoms with Crippen molar-refractivity contribution in [3.63, 3.8) is 0 Å². The lowest BCUT2D eigenvalue weighted by molar-refractivity contribution is -0.174. The van der Waals surface area contributed by atoms with Gasteiger partial charge in [-0.05, 0) is 13.0 Å². The van der Waals surface area contributed by atoms with E-state index in [0.717, 1.165) is 0 Å². The fourth-order valence-electron chi connectivity index (χ4n) is 1.62. The number of halogens is 3. The number of carboxylic acid groups (broad SMARTS) is 1. The van der Waals surface area contributed by atoms with E-state index in [-0.39, 0.29) is 6.61 Å². The molecule has 0 spiro atoms. The second-order valence-corrected chi connectivity index (χ2v) is 3.79. The summed E-state index contributed by atoms with van der Waals surface area (Å²) >= 11 is 0. The summed E-state index contributed by atoms with van der Waals surface area (Å²) in [5, 5.41) is 8.70. The van der Waals surface area contributed by atoms with Crippen molar-refractivity contribution in [1.82, 2.24) is 4.90 Å². The van der Waals surface area contributed by atoms with Crippen LogP contribution in [0.2, 0.25) is 0 Å². The van der Waals surface area contributed by atoms with E-state index >= 15 is 0 Å². The average Bonchev–Trinajstić information content (AvgIpc) is 2.59. The predicted octanol–water partition coefficient (Wildman–Crippen LogP) is 0.972. The predicted molar refractivity (Wildman–Crippen MR) is 49.1 cm³/mol. The van der Waals surface area contributed by atoms with Crippen molar-refractivity contribution in [3.8, 4) is 0 Å². The standard InChI is InChI=1S/C9H14F3NO3/c10-9(11,12)6-16-4-3-13-2-1-7(5-13)8(14)15/h7H,1-6H2,(H,14,15). The molecule has 1 heterocycles. The lowest BCUT2D eigenvalue weighted by atomic mass is 10.1. The van der Waals surface area contributed by atoms with Gasteiger partial charge in [0.15, 0.2) is 0 Å². The molecule has 1 unspecified atom stereocenters. The Morgan fingerprint density at radius 1 is 1.50 bits per heavy atom. The Kier molecular flexibility index (Phi) is 4.55. The second kappa shape index (κ2) is 5.49. The lowest BCUT2D eigenvalue weighted by Gasteiger charge is -2.15. The summed E-state index contributed by atoms with van der Waals surface area (Å²) in [6.07, 6.45) is -3.75. The van der Waals surface area contributed by atoms with E-state index in [9.17, 15) is 18.0 Å². The molecular formula is C9H14F3NO3. The molecule has 7 heteroatoms. The van der Waals surface area contributed by atoms with Crippen molar-refractivity contribution >= 4 is 5.97 Å². The minimum Gasteiger partial charge on any atom is -0.481 e. The van der Waals surface area contributed by atoms with Gasteiger partial charge < -0.3 is 14.7 Å². The molecule has 16 heavy (non-hydrogen) atoms. The number of hydrogen-bond acceptors (Lipinski definition) is 3. The molecule has 0 amide bonds. The normalized spacial score (nSPS) is 22.6. The molecule has 94 valence electrons. The van der Waals surface area contributed by atoms with Gasteiger partial charge >= 0.3 is 12.1 Å². The zero-order chi connectivity index (χ0) is 12.2. The monoisotopic (exact) mass is 241 g/mol. The van der Waals surface area contributed by atoms with Crippen LogP contribution < -0.4 is 0 Å². The topological polar surface area (TPSA) is 49.8 Å². The maximum absolute atomic E-state index is 11.7. The molecule has 1 N–H and O–H groups in total. The zero-order valence-corrected chi connectivity index (χ0v) is 8.66. The van der Waals surface area contributed by atoms with Gasteiger partial charge in [0.2, 0.25) is 0 Å². The number of carbonyl (C=O) groups is 1. The van der Waals surface area contributed by atoms with Crippen LogP contribution in [0.1, 0.15) is 6.42 Å². The summed E-state index contributed by atoms with van der Waals surface area (Å²) in [7, 11) is 0. The van der Waals surface area contributed by atoms with Crippen molar-refractivity contribution in [2.24, 2.45) is 5.92 Å². The van der Waals surface area contributed by atoms with Crippen LogP contribution in [-0.4, -0.2) is 55.0 Å². The number of aliphatic carboxylic acids is 1. The highest BCUT2D eigenvalue weighted by molar-refractivity contribution is 5.70. The Bertz CT molecular complexity index is 245. The van der Waals surface area contributed by atoms with Crippen molar-refractivity contribution in [2.75, 3.05) is 32.8 Å². The fraction of sp³-hybridized carbons (Fsp3) is 0.889. The number of nitrogens with zero attached hydrogens (tertiary/aromatic N) is 1. The summed E-state index contributed by atoms with van der Waals surface area (Å²) < 4.78 is 39.6. The highest BCUT2D eigenvalue weighted by atomic mass is 19.4. The van der Waals surface area contributed by atoms with Gasteiger partial charge in [0, 0.05) is 13.1 Å². The van der Waals surface area contributed by atoms with Crippen LogP contribution in [0.3, 0.4) is 0 Å². The molecule has 0 radical (unpaired) electrons. The highest BCUT2D eigenvalue weighted by Gasteiger charge is 2.29. The summed E-state index contributed by atoms with van der Waals surface area (Å²) in [4.78, 5) is 12.4. The molecule has 0 aromatic rings. The molecule has 1 rings (SSSR count). The Hall–Kier alpha value is -0.820. The summed E-state index contributed by atoms with van der Waals surface area (Å²) in [6, 6.07) is 0. The van der Waals surface area contributed by atoms with Crippen LogP contribution in [0.15, 0.2) is 0 Å². The first-order valence-corrected chi connectivity index (χ1v) is 4.98. The third-order valence-corrected chi connectivity index (χ3v) is 2.44. The van der Waals surface area contributed by atoms with Gasteiger partial charge in [-0.25, -0.2) is 0 Å². The number of carboxylic acids is 1. The molecule has 1 saturated heterocycles. The molecule has 4 nitrogen and oxygen atoms in total. The summed E-state index contributed by atoms with van der Waals surface area (Å²) in [6.45, 7) is 0.0754. The molecule has 0 bridgehead atoms. The van der Waals surface area contributed by atoms with E-state index in [1.54, 1.807) is 4.90 Å². The van der Waals surface area contributed by atoms with Crippen molar-refractivity contribution in [1.29, 1.82) is 0 Å². The fourth-order valence-corrected chi connectivity index (χ4v) is 1.62. The molecule has 0 aromatic carbocycles. The second-order valence-electron chi connectivity index (χ2n) is 3.79. The maximum Gasteiger partial charge on any atom is 0.411 e. The minimum atomic E-state index is -4.30. The van der Waals surface area contributed by atoms with Gasteiger partial charge in [0.25, 0.3) is 0 Å². The molecule has 0 saturated carbocycles. The first-order valence-electron chi connectivity index (χ1n) is 4.98. The Balaban J connectivity index is 2.09. The van der Waals surface area contributed by atoms with E-state index in [4.69, 9.17) is 5.11 Å². The highest BCUT2D eigenvalue weighted by Crippen LogP contribution is 2.17. The molecule has 1 atom stereocenters. The Morgan fingerprint density at radius 2 is 2.19 bits per heavy atom. The number of hydrogen-bond donors (Lipinski definition) is 1. The Labute approximate surface area is 91.0 Å². The van der Waals surface area contributed by atoms with Gasteiger partial charge in [0.1, 0.15) is 6.61 Å². The van der Waals surface area contributed by atoms with Gasteiger partial charge in [-0.15, -0.1) is 0 Å². The largest absolute Gasteiger partial charge is 0.481 e. The lowest BCUT2D eigenvalue weighted by Crippen LogP contribution is -2.28. The first kappa shape index (κ1) is 13.2. The molecule has 1 fully saturated rings. The van der Waals surface area contributed by atoms with E-state index < -0.39 is 24.7 Å². The van der Waals surface area contributed by atoms with E-state index in [0.29, 0.717) is 26.1 Å². The molecule has 1 aliphatic heterocycles. The van der Waals surface area contributed by atoms with Gasteiger partial charge in [0.05, 0.1) is 12.5 Å². The van der Waals surface area contributed by atoms with Crippen molar-refractivity contribution in [3.05, 3.63) is 0 Å². The van der Waals surface area contributed by atoms with Crippen molar-refractivity contribution in [2.45, 2.75) is 12.6 Å². The third-order valence-electron chi connectivity index (χ3n) is 2.44. The van der Waals surface area contributed by atoms with Crippen LogP contribution in [-0.2, 0) is 9.53 Å². The molecule has 0 aliphatic carbocycles. The van der Waals surface area contributed by atoms with Crippen LogP contribution in [0.4, 0.5) is 13.2 Å². The maximum atomic E-state index is 11.7. The van der Waals surface area contributed by atoms with Crippen LogP contribution in [0.5, 0.6) is 0 Å². The Morgan fingerprint density at radius 3 is 2.69 bits per heavy atom. The van der Waals surface area contributed by atoms with E-state index in [2.05, 4.69) is 4.74 Å². The minimum absolute atomic E-state index is 0.0220. The smallest absolute Gasteiger partial charge is 0.411 e. The van der Waals surface area contributed by atoms with E-state index in [1.165, 1.54) is 0 Å². The number of likely N-dealkylation sites (tertiary alicyclic amines) is 1. The molecule has 1 aliphatic rings. The van der Waals surface area contributed by atoms with Crippen LogP contribution in [0.25, 0.3) is 0 Å². The van der Waals surface area contributed by atoms with Gasteiger partial charge in [-0.2, -0.15) is 13.2 Å². The summed E-state index contributed by atoms with van der Waals surface area (Å²) in [5.74, 6) is -1.25. The number of alkyl halides is 3. The molecular weight excluding hydrogens is 227 g/mol. The van der Waals surface area contributed by atoms with Gasteiger partial charge in [-0.1, -0.05) is 0 Å². The van der Waals surface area contributed by atoms with E-state index in [1.807, 2.05) is 0 Å². The number of rotatable bonds is 5. The number of ether oxygens (including phenoxy) is 1. The summed E-state index contributed by atoms with van der Waals surface area (Å²) in [5.41, 5.74) is 0. The van der Waals surface area contributed by atoms with Crippen LogP contribution >= 0.6 is 0 Å². The van der Waals surface area contributed by atoms with Crippen molar-refractivity contribution < 1.29 is 27.8 Å². The zero-order valence-electron chi connectivity index (χ0n) is 8.66. The van der Waals surface area contributed by atoms with Crippen LogP contribution in [0, 0.1) is 5.92 Å².